The number of aromatic hydroxyl groups is 1. The van der Waals surface area contributed by atoms with Crippen molar-refractivity contribution in [3.05, 3.63) is 26.9 Å². The predicted molar refractivity (Wildman–Crippen MR) is 150 cm³/mol. The van der Waals surface area contributed by atoms with E-state index in [0.717, 1.165) is 0 Å². The van der Waals surface area contributed by atoms with E-state index >= 15 is 0 Å². The normalized spacial score (nSPS) is 23.4. The molecule has 2 heterocycles. The number of hydrogen-bond donors (Lipinski definition) is 8. The highest BCUT2D eigenvalue weighted by Crippen LogP contribution is 2.66. The maximum atomic E-state index is 11.8. The summed E-state index contributed by atoms with van der Waals surface area (Å²) in [6, 6.07) is 0.559. The van der Waals surface area contributed by atoms with Crippen LogP contribution in [0.3, 0.4) is 0 Å². The lowest BCUT2D eigenvalue weighted by atomic mass is 10.1. The van der Waals surface area contributed by atoms with Gasteiger partial charge in [0.05, 0.1) is 12.7 Å². The van der Waals surface area contributed by atoms with E-state index in [1.807, 2.05) is 0 Å². The summed E-state index contributed by atoms with van der Waals surface area (Å²) in [5, 5.41) is 29.6. The van der Waals surface area contributed by atoms with E-state index in [0.29, 0.717) is 10.6 Å². The molecule has 1 aliphatic rings. The fourth-order valence-corrected chi connectivity index (χ4v) is 6.80. The second kappa shape index (κ2) is 18.0. The van der Waals surface area contributed by atoms with Gasteiger partial charge in [0, 0.05) is 0 Å². The average Bonchev–Trinajstić information content (AvgIpc) is 3.13. The number of hydrogen-bond acceptors (Lipinski definition) is 13. The molecule has 0 amide bonds. The molecule has 0 aromatic carbocycles. The highest BCUT2D eigenvalue weighted by atomic mass is 31.3. The van der Waals surface area contributed by atoms with Gasteiger partial charge >= 0.3 is 29.2 Å². The number of unbranched alkanes of at least 4 members (excludes halogenated alkanes) is 3. The maximum absolute atomic E-state index is 11.8. The second-order valence-corrected chi connectivity index (χ2v) is 13.9. The highest BCUT2D eigenvalue weighted by Gasteiger charge is 2.47. The molecule has 1 fully saturated rings. The molecule has 0 bridgehead atoms. The zero-order valence-electron chi connectivity index (χ0n) is 24.0. The SMILES string of the molecule is CCCCN(CCCC)CCCC.O=c1cc(O)n([C@@H]2O[C@H](COP(=O)(O)OP(=O)(O)OP(=O)(O)O)[C@@H](O)[C@H]2O)c(=O)[nH]1. The number of phosphoric ester groups is 1. The molecule has 22 heteroatoms. The van der Waals surface area contributed by atoms with Gasteiger partial charge in [0.25, 0.3) is 5.56 Å². The molecule has 6 atom stereocenters. The number of aromatic nitrogens is 2. The minimum absolute atomic E-state index is 0.347. The number of aliphatic hydroxyl groups excluding tert-OH is 2. The number of phosphoric acid groups is 3. The van der Waals surface area contributed by atoms with Gasteiger partial charge in [-0.25, -0.2) is 23.1 Å². The van der Waals surface area contributed by atoms with E-state index < -0.39 is 71.7 Å². The van der Waals surface area contributed by atoms with Crippen LogP contribution >= 0.6 is 23.5 Å². The molecular weight excluding hydrogens is 643 g/mol. The van der Waals surface area contributed by atoms with Crippen molar-refractivity contribution < 1.29 is 66.5 Å². The number of nitrogens with zero attached hydrogens (tertiary/aromatic N) is 2. The van der Waals surface area contributed by atoms with Gasteiger partial charge in [0.15, 0.2) is 6.23 Å². The molecule has 1 aromatic rings. The molecular formula is C21H42N3O16P3. The van der Waals surface area contributed by atoms with Crippen molar-refractivity contribution in [1.29, 1.82) is 0 Å². The minimum atomic E-state index is -5.77. The summed E-state index contributed by atoms with van der Waals surface area (Å²) in [5.74, 6) is -0.950. The summed E-state index contributed by atoms with van der Waals surface area (Å²) in [6.45, 7) is 9.65. The second-order valence-electron chi connectivity index (χ2n) is 9.50. The van der Waals surface area contributed by atoms with Gasteiger partial charge < -0.3 is 44.5 Å². The molecule has 0 spiro atoms. The Labute approximate surface area is 247 Å². The van der Waals surface area contributed by atoms with Crippen LogP contribution in [0.15, 0.2) is 15.7 Å². The van der Waals surface area contributed by atoms with E-state index in [1.165, 1.54) is 58.2 Å². The highest BCUT2D eigenvalue weighted by molar-refractivity contribution is 7.66. The first-order valence-corrected chi connectivity index (χ1v) is 18.0. The molecule has 1 aromatic heterocycles. The lowest BCUT2D eigenvalue weighted by Gasteiger charge is -2.21. The quantitative estimate of drug-likeness (QED) is 0.106. The van der Waals surface area contributed by atoms with Gasteiger partial charge in [-0.1, -0.05) is 40.0 Å². The van der Waals surface area contributed by atoms with Crippen LogP contribution in [-0.4, -0.2) is 93.9 Å². The van der Waals surface area contributed by atoms with Crippen LogP contribution in [0.4, 0.5) is 0 Å². The molecule has 1 saturated heterocycles. The molecule has 252 valence electrons. The number of ether oxygens (including phenoxy) is 1. The van der Waals surface area contributed by atoms with Crippen LogP contribution < -0.4 is 11.2 Å². The summed E-state index contributed by atoms with van der Waals surface area (Å²) >= 11 is 0. The standard InChI is InChI=1S/C12H27N.C9H15N2O16P3/c1-4-7-10-13(11-8-5-2)12-9-6-3;12-4-1-5(13)11(9(16)10-4)8-7(15)6(14)3(25-8)2-24-29(20,21)27-30(22,23)26-28(17,18)19/h4-12H2,1-3H3;1,3,6-8,13-15H,2H2,(H,20,21)(H,22,23)(H,10,12,16)(H2,17,18,19)/t;3-,6-,7-,8-/m.1/s1. The van der Waals surface area contributed by atoms with Gasteiger partial charge in [0.1, 0.15) is 18.3 Å². The first kappa shape index (κ1) is 39.8. The fourth-order valence-electron chi connectivity index (χ4n) is 3.77. The summed E-state index contributed by atoms with van der Waals surface area (Å²) in [7, 11) is -16.9. The van der Waals surface area contributed by atoms with Crippen LogP contribution in [0.1, 0.15) is 65.5 Å². The van der Waals surface area contributed by atoms with Crippen molar-refractivity contribution in [3.8, 4) is 5.88 Å². The number of H-pyrrole nitrogens is 1. The van der Waals surface area contributed by atoms with Gasteiger partial charge in [-0.05, 0) is 38.9 Å². The first-order chi connectivity index (χ1) is 19.9. The number of rotatable bonds is 17. The van der Waals surface area contributed by atoms with E-state index in [4.69, 9.17) is 19.4 Å². The largest absolute Gasteiger partial charge is 0.494 e. The Bertz CT molecular complexity index is 1230. The zero-order chi connectivity index (χ0) is 33.0. The molecule has 0 aliphatic carbocycles. The first-order valence-electron chi connectivity index (χ1n) is 13.4. The molecule has 2 rings (SSSR count). The smallest absolute Gasteiger partial charge is 0.490 e. The summed E-state index contributed by atoms with van der Waals surface area (Å²) in [5.41, 5.74) is -2.21. The Kier molecular flexibility index (Phi) is 16.7. The lowest BCUT2D eigenvalue weighted by molar-refractivity contribution is -0.0571. The molecule has 1 aliphatic heterocycles. The van der Waals surface area contributed by atoms with Gasteiger partial charge in [-0.2, -0.15) is 8.62 Å². The number of nitrogens with one attached hydrogen (secondary N) is 1. The minimum Gasteiger partial charge on any atom is -0.494 e. The molecule has 8 N–H and O–H groups in total. The maximum Gasteiger partial charge on any atom is 0.490 e. The molecule has 0 saturated carbocycles. The van der Waals surface area contributed by atoms with Crippen LogP contribution in [0.25, 0.3) is 0 Å². The van der Waals surface area contributed by atoms with Gasteiger partial charge in [-0.15, -0.1) is 0 Å². The van der Waals surface area contributed by atoms with Crippen molar-refractivity contribution in [2.75, 3.05) is 26.2 Å². The summed E-state index contributed by atoms with van der Waals surface area (Å²) < 4.78 is 50.1. The Balaban J connectivity index is 0.000000599. The van der Waals surface area contributed by atoms with E-state index in [9.17, 15) is 43.5 Å². The molecule has 0 radical (unpaired) electrons. The monoisotopic (exact) mass is 685 g/mol. The Hall–Kier alpha value is -1.27. The van der Waals surface area contributed by atoms with Gasteiger partial charge in [-0.3, -0.25) is 14.3 Å². The average molecular weight is 685 g/mol. The molecule has 43 heavy (non-hydrogen) atoms. The number of aromatic amines is 1. The van der Waals surface area contributed by atoms with Crippen molar-refractivity contribution in [3.63, 3.8) is 0 Å². The summed E-state index contributed by atoms with van der Waals surface area (Å²) in [6.07, 6.45) is 0.786. The third-order valence-corrected chi connectivity index (χ3v) is 9.65. The topological polar surface area (TPSA) is 288 Å². The van der Waals surface area contributed by atoms with Crippen molar-refractivity contribution in [2.45, 2.75) is 83.8 Å². The van der Waals surface area contributed by atoms with Crippen molar-refractivity contribution in [1.82, 2.24) is 14.5 Å². The van der Waals surface area contributed by atoms with E-state index in [-0.39, 0.29) is 0 Å². The Morgan fingerprint density at radius 1 is 0.884 bits per heavy atom. The van der Waals surface area contributed by atoms with Crippen LogP contribution in [0.5, 0.6) is 5.88 Å². The van der Waals surface area contributed by atoms with E-state index in [2.05, 4.69) is 38.8 Å². The lowest BCUT2D eigenvalue weighted by Crippen LogP contribution is -2.37. The third kappa shape index (κ3) is 14.6. The van der Waals surface area contributed by atoms with Crippen molar-refractivity contribution in [2.24, 2.45) is 0 Å². The Morgan fingerprint density at radius 2 is 1.40 bits per heavy atom. The zero-order valence-corrected chi connectivity index (χ0v) is 26.7. The van der Waals surface area contributed by atoms with Crippen LogP contribution in [-0.2, 0) is 31.6 Å². The van der Waals surface area contributed by atoms with Crippen LogP contribution in [0, 0.1) is 0 Å². The van der Waals surface area contributed by atoms with E-state index in [1.54, 1.807) is 4.98 Å². The summed E-state index contributed by atoms with van der Waals surface area (Å²) in [4.78, 5) is 62.6. The molecule has 2 unspecified atom stereocenters. The fraction of sp³-hybridized carbons (Fsp3) is 0.810. The predicted octanol–water partition coefficient (Wildman–Crippen LogP) is 0.893. The Morgan fingerprint density at radius 3 is 1.84 bits per heavy atom. The third-order valence-electron chi connectivity index (χ3n) is 5.85. The molecule has 19 nitrogen and oxygen atoms in total. The number of aliphatic hydroxyl groups is 2. The van der Waals surface area contributed by atoms with Crippen molar-refractivity contribution >= 4 is 23.5 Å². The van der Waals surface area contributed by atoms with Crippen LogP contribution in [0.2, 0.25) is 0 Å². The van der Waals surface area contributed by atoms with Gasteiger partial charge in [0.2, 0.25) is 5.88 Å².